The number of benzene rings is 2. The van der Waals surface area contributed by atoms with Crippen LogP contribution in [0.25, 0.3) is 0 Å². The zero-order chi connectivity index (χ0) is 17.2. The maximum Gasteiger partial charge on any atom is 0.124 e. The highest BCUT2D eigenvalue weighted by atomic mass is 35.5. The first-order valence-electron chi connectivity index (χ1n) is 8.45. The number of ether oxygens (including phenoxy) is 2. The van der Waals surface area contributed by atoms with E-state index in [0.717, 1.165) is 49.1 Å². The molecule has 0 amide bonds. The molecule has 2 aromatic carbocycles. The average molecular weight is 348 g/mol. The van der Waals surface area contributed by atoms with Crippen LogP contribution in [-0.2, 0) is 17.9 Å². The van der Waals surface area contributed by atoms with Crippen LogP contribution in [-0.4, -0.2) is 19.8 Å². The van der Waals surface area contributed by atoms with Crippen LogP contribution in [0.2, 0.25) is 5.02 Å². The summed E-state index contributed by atoms with van der Waals surface area (Å²) in [6, 6.07) is 14.0. The second kappa shape index (κ2) is 10.3. The van der Waals surface area contributed by atoms with Crippen LogP contribution in [0.15, 0.2) is 42.5 Å². The van der Waals surface area contributed by atoms with Crippen LogP contribution in [0.4, 0.5) is 0 Å². The van der Waals surface area contributed by atoms with E-state index in [4.69, 9.17) is 21.1 Å². The summed E-state index contributed by atoms with van der Waals surface area (Å²) in [5.74, 6) is 0.875. The first kappa shape index (κ1) is 18.8. The zero-order valence-corrected chi connectivity index (χ0v) is 15.2. The number of aryl methyl sites for hydroxylation is 1. The van der Waals surface area contributed by atoms with Crippen LogP contribution in [0.5, 0.6) is 5.75 Å². The molecule has 1 N–H and O–H groups in total. The third-order valence-corrected chi connectivity index (χ3v) is 4.06. The second-order valence-corrected chi connectivity index (χ2v) is 6.13. The lowest BCUT2D eigenvalue weighted by atomic mass is 10.1. The molecule has 0 fully saturated rings. The molecule has 3 nitrogen and oxygen atoms in total. The van der Waals surface area contributed by atoms with Crippen molar-refractivity contribution in [2.45, 2.75) is 33.4 Å². The number of rotatable bonds is 10. The van der Waals surface area contributed by atoms with E-state index in [1.54, 1.807) is 0 Å². The summed E-state index contributed by atoms with van der Waals surface area (Å²) in [7, 11) is 0. The van der Waals surface area contributed by atoms with Gasteiger partial charge in [-0.3, -0.25) is 0 Å². The summed E-state index contributed by atoms with van der Waals surface area (Å²) in [4.78, 5) is 0. The first-order valence-corrected chi connectivity index (χ1v) is 8.82. The van der Waals surface area contributed by atoms with Gasteiger partial charge in [0.2, 0.25) is 0 Å². The van der Waals surface area contributed by atoms with Gasteiger partial charge in [0.25, 0.3) is 0 Å². The molecule has 0 aliphatic rings. The van der Waals surface area contributed by atoms with Crippen LogP contribution in [0, 0.1) is 6.92 Å². The molecule has 0 saturated carbocycles. The Bertz CT molecular complexity index is 631. The first-order chi connectivity index (χ1) is 11.7. The minimum atomic E-state index is 0.561. The lowest BCUT2D eigenvalue weighted by molar-refractivity contribution is 0.144. The molecule has 0 aromatic heterocycles. The third kappa shape index (κ3) is 6.16. The van der Waals surface area contributed by atoms with Gasteiger partial charge in [-0.15, -0.1) is 0 Å². The summed E-state index contributed by atoms with van der Waals surface area (Å²) in [6.07, 6.45) is 0.994. The SMILES string of the molecule is CCOCCCNCc1cc(Cl)ccc1OCc1ccccc1C. The molecular formula is C20H26ClNO2. The smallest absolute Gasteiger partial charge is 0.124 e. The van der Waals surface area contributed by atoms with Gasteiger partial charge in [-0.25, -0.2) is 0 Å². The molecule has 0 spiro atoms. The van der Waals surface area contributed by atoms with Gasteiger partial charge in [-0.05, 0) is 56.1 Å². The zero-order valence-electron chi connectivity index (χ0n) is 14.5. The molecule has 130 valence electrons. The summed E-state index contributed by atoms with van der Waals surface area (Å²) < 4.78 is 11.4. The van der Waals surface area contributed by atoms with Gasteiger partial charge in [-0.2, -0.15) is 0 Å². The molecule has 0 unspecified atom stereocenters. The molecule has 0 radical (unpaired) electrons. The number of hydrogen-bond donors (Lipinski definition) is 1. The van der Waals surface area contributed by atoms with E-state index in [0.29, 0.717) is 6.61 Å². The molecule has 0 atom stereocenters. The standard InChI is InChI=1S/C20H26ClNO2/c1-3-23-12-6-11-22-14-18-13-19(21)9-10-20(18)24-15-17-8-5-4-7-16(17)2/h4-5,7-10,13,22H,3,6,11-12,14-15H2,1-2H3. The van der Waals surface area contributed by atoms with Crippen molar-refractivity contribution < 1.29 is 9.47 Å². The molecule has 2 aromatic rings. The van der Waals surface area contributed by atoms with E-state index >= 15 is 0 Å². The second-order valence-electron chi connectivity index (χ2n) is 5.69. The van der Waals surface area contributed by atoms with Gasteiger partial charge in [0, 0.05) is 30.3 Å². The molecular weight excluding hydrogens is 322 g/mol. The Balaban J connectivity index is 1.91. The molecule has 24 heavy (non-hydrogen) atoms. The summed E-state index contributed by atoms with van der Waals surface area (Å²) in [5, 5.41) is 4.15. The molecule has 2 rings (SSSR count). The van der Waals surface area contributed by atoms with Crippen molar-refractivity contribution >= 4 is 11.6 Å². The Morgan fingerprint density at radius 1 is 1.08 bits per heavy atom. The van der Waals surface area contributed by atoms with E-state index in [1.165, 1.54) is 11.1 Å². The monoisotopic (exact) mass is 347 g/mol. The number of nitrogens with one attached hydrogen (secondary N) is 1. The van der Waals surface area contributed by atoms with Crippen LogP contribution < -0.4 is 10.1 Å². The average Bonchev–Trinajstić information content (AvgIpc) is 2.58. The quantitative estimate of drug-likeness (QED) is 0.629. The normalized spacial score (nSPS) is 10.8. The highest BCUT2D eigenvalue weighted by molar-refractivity contribution is 6.30. The van der Waals surface area contributed by atoms with Crippen molar-refractivity contribution in [1.29, 1.82) is 0 Å². The van der Waals surface area contributed by atoms with Crippen molar-refractivity contribution in [2.24, 2.45) is 0 Å². The predicted molar refractivity (Wildman–Crippen MR) is 99.8 cm³/mol. The van der Waals surface area contributed by atoms with E-state index < -0.39 is 0 Å². The minimum Gasteiger partial charge on any atom is -0.489 e. The lowest BCUT2D eigenvalue weighted by Gasteiger charge is -2.14. The molecule has 0 bridgehead atoms. The molecule has 4 heteroatoms. The Kier molecular flexibility index (Phi) is 8.10. The van der Waals surface area contributed by atoms with Crippen molar-refractivity contribution in [3.05, 3.63) is 64.2 Å². The van der Waals surface area contributed by atoms with Gasteiger partial charge < -0.3 is 14.8 Å². The van der Waals surface area contributed by atoms with Crippen LogP contribution in [0.1, 0.15) is 30.0 Å². The van der Waals surface area contributed by atoms with Gasteiger partial charge in [-0.1, -0.05) is 35.9 Å². The maximum atomic E-state index is 6.14. The fourth-order valence-electron chi connectivity index (χ4n) is 2.42. The maximum absolute atomic E-state index is 6.14. The lowest BCUT2D eigenvalue weighted by Crippen LogP contribution is -2.17. The highest BCUT2D eigenvalue weighted by Crippen LogP contribution is 2.24. The summed E-state index contributed by atoms with van der Waals surface area (Å²) >= 11 is 6.14. The van der Waals surface area contributed by atoms with E-state index in [-0.39, 0.29) is 0 Å². The van der Waals surface area contributed by atoms with Crippen LogP contribution >= 0.6 is 11.6 Å². The van der Waals surface area contributed by atoms with Crippen molar-refractivity contribution in [3.8, 4) is 5.75 Å². The third-order valence-electron chi connectivity index (χ3n) is 3.83. The predicted octanol–water partition coefficient (Wildman–Crippen LogP) is 4.74. The van der Waals surface area contributed by atoms with Gasteiger partial charge in [0.1, 0.15) is 12.4 Å². The van der Waals surface area contributed by atoms with Gasteiger partial charge in [0.15, 0.2) is 0 Å². The minimum absolute atomic E-state index is 0.561. The van der Waals surface area contributed by atoms with E-state index in [9.17, 15) is 0 Å². The fourth-order valence-corrected chi connectivity index (χ4v) is 2.62. The number of hydrogen-bond acceptors (Lipinski definition) is 3. The molecule has 0 heterocycles. The molecule has 0 saturated heterocycles. The number of halogens is 1. The Labute approximate surface area is 149 Å². The fraction of sp³-hybridized carbons (Fsp3) is 0.400. The largest absolute Gasteiger partial charge is 0.489 e. The summed E-state index contributed by atoms with van der Waals surface area (Å²) in [5.41, 5.74) is 3.51. The Hall–Kier alpha value is -1.55. The van der Waals surface area contributed by atoms with E-state index in [2.05, 4.69) is 24.4 Å². The van der Waals surface area contributed by atoms with Crippen molar-refractivity contribution in [3.63, 3.8) is 0 Å². The van der Waals surface area contributed by atoms with Crippen LogP contribution in [0.3, 0.4) is 0 Å². The van der Waals surface area contributed by atoms with Gasteiger partial charge >= 0.3 is 0 Å². The molecule has 0 aliphatic heterocycles. The van der Waals surface area contributed by atoms with E-state index in [1.807, 2.05) is 37.3 Å². The topological polar surface area (TPSA) is 30.5 Å². The van der Waals surface area contributed by atoms with Crippen molar-refractivity contribution in [1.82, 2.24) is 5.32 Å². The highest BCUT2D eigenvalue weighted by Gasteiger charge is 2.06. The summed E-state index contributed by atoms with van der Waals surface area (Å²) in [6.45, 7) is 7.87. The Morgan fingerprint density at radius 3 is 2.71 bits per heavy atom. The molecule has 0 aliphatic carbocycles. The Morgan fingerprint density at radius 2 is 1.92 bits per heavy atom. The van der Waals surface area contributed by atoms with Crippen molar-refractivity contribution in [2.75, 3.05) is 19.8 Å². The van der Waals surface area contributed by atoms with Gasteiger partial charge in [0.05, 0.1) is 0 Å².